The molecule has 1 aromatic rings. The van der Waals surface area contributed by atoms with Gasteiger partial charge in [-0.25, -0.2) is 0 Å². The van der Waals surface area contributed by atoms with Crippen LogP contribution in [0.3, 0.4) is 0 Å². The Morgan fingerprint density at radius 1 is 1.39 bits per heavy atom. The average Bonchev–Trinajstić information content (AvgIpc) is 2.55. The summed E-state index contributed by atoms with van der Waals surface area (Å²) >= 11 is 0. The zero-order valence-corrected chi connectivity index (χ0v) is 12.2. The topological polar surface area (TPSA) is 38.0 Å². The molecule has 0 aliphatic heterocycles. The average molecular weight is 250 g/mol. The predicted octanol–water partition coefficient (Wildman–Crippen LogP) is 3.09. The molecule has 1 saturated carbocycles. The lowest BCUT2D eigenvalue weighted by molar-refractivity contribution is -0.0395. The third kappa shape index (κ3) is 2.94. The number of rotatable bonds is 3. The normalized spacial score (nSPS) is 27.4. The molecule has 0 aromatic carbocycles. The molecular formula is C15H26N2O. The van der Waals surface area contributed by atoms with Crippen molar-refractivity contribution in [2.45, 2.75) is 71.9 Å². The maximum atomic E-state index is 10.8. The van der Waals surface area contributed by atoms with Gasteiger partial charge in [0, 0.05) is 18.7 Å². The standard InChI is InChI=1S/C15H26N2O/c1-5-17-13(9-12(2)16-17)10-15(18)8-6-7-14(3,4)11-15/h9,18H,5-8,10-11H2,1-4H3. The lowest BCUT2D eigenvalue weighted by atomic mass is 9.68. The molecule has 3 heteroatoms. The largest absolute Gasteiger partial charge is 0.389 e. The molecule has 18 heavy (non-hydrogen) atoms. The third-order valence-corrected chi connectivity index (χ3v) is 4.10. The summed E-state index contributed by atoms with van der Waals surface area (Å²) in [4.78, 5) is 0. The zero-order chi connectivity index (χ0) is 13.4. The summed E-state index contributed by atoms with van der Waals surface area (Å²) in [6.07, 6.45) is 4.91. The maximum Gasteiger partial charge on any atom is 0.0708 e. The summed E-state index contributed by atoms with van der Waals surface area (Å²) in [5.41, 5.74) is 1.95. The van der Waals surface area contributed by atoms with Gasteiger partial charge >= 0.3 is 0 Å². The summed E-state index contributed by atoms with van der Waals surface area (Å²) in [6.45, 7) is 9.52. The van der Waals surface area contributed by atoms with Crippen molar-refractivity contribution in [1.29, 1.82) is 0 Å². The molecule has 1 unspecified atom stereocenters. The molecule has 2 rings (SSSR count). The Bertz CT molecular complexity index is 422. The van der Waals surface area contributed by atoms with Gasteiger partial charge in [-0.1, -0.05) is 20.3 Å². The van der Waals surface area contributed by atoms with Crippen molar-refractivity contribution >= 4 is 0 Å². The van der Waals surface area contributed by atoms with Crippen LogP contribution in [0.2, 0.25) is 0 Å². The van der Waals surface area contributed by atoms with Crippen molar-refractivity contribution in [3.05, 3.63) is 17.5 Å². The van der Waals surface area contributed by atoms with Gasteiger partial charge in [-0.2, -0.15) is 5.10 Å². The molecule has 1 heterocycles. The van der Waals surface area contributed by atoms with Crippen LogP contribution in [0, 0.1) is 12.3 Å². The van der Waals surface area contributed by atoms with Crippen LogP contribution in [-0.4, -0.2) is 20.5 Å². The minimum Gasteiger partial charge on any atom is -0.389 e. The van der Waals surface area contributed by atoms with Crippen LogP contribution in [0.4, 0.5) is 0 Å². The highest BCUT2D eigenvalue weighted by Crippen LogP contribution is 2.42. The molecule has 1 atom stereocenters. The maximum absolute atomic E-state index is 10.8. The Labute approximate surface area is 110 Å². The van der Waals surface area contributed by atoms with Gasteiger partial charge in [-0.15, -0.1) is 0 Å². The first-order valence-corrected chi connectivity index (χ1v) is 7.09. The molecule has 1 aliphatic rings. The van der Waals surface area contributed by atoms with Crippen LogP contribution >= 0.6 is 0 Å². The van der Waals surface area contributed by atoms with Gasteiger partial charge < -0.3 is 5.11 Å². The minimum atomic E-state index is -0.541. The highest BCUT2D eigenvalue weighted by atomic mass is 16.3. The van der Waals surface area contributed by atoms with E-state index in [9.17, 15) is 5.11 Å². The van der Waals surface area contributed by atoms with Crippen LogP contribution in [-0.2, 0) is 13.0 Å². The summed E-state index contributed by atoms with van der Waals surface area (Å²) in [5.74, 6) is 0. The van der Waals surface area contributed by atoms with E-state index < -0.39 is 5.60 Å². The lowest BCUT2D eigenvalue weighted by Crippen LogP contribution is -2.41. The SMILES string of the molecule is CCn1nc(C)cc1CC1(O)CCCC(C)(C)C1. The molecule has 0 amide bonds. The molecule has 0 bridgehead atoms. The Morgan fingerprint density at radius 2 is 2.11 bits per heavy atom. The monoisotopic (exact) mass is 250 g/mol. The molecule has 102 valence electrons. The fourth-order valence-electron chi connectivity index (χ4n) is 3.47. The van der Waals surface area contributed by atoms with Crippen molar-refractivity contribution in [2.75, 3.05) is 0 Å². The molecule has 1 aromatic heterocycles. The fourth-order valence-corrected chi connectivity index (χ4v) is 3.47. The summed E-state index contributed by atoms with van der Waals surface area (Å²) in [5, 5.41) is 15.3. The van der Waals surface area contributed by atoms with Gasteiger partial charge in [0.1, 0.15) is 0 Å². The fraction of sp³-hybridized carbons (Fsp3) is 0.800. The van der Waals surface area contributed by atoms with Crippen LogP contribution in [0.1, 0.15) is 57.8 Å². The van der Waals surface area contributed by atoms with Crippen LogP contribution in [0.15, 0.2) is 6.07 Å². The van der Waals surface area contributed by atoms with Gasteiger partial charge in [0.25, 0.3) is 0 Å². The number of aliphatic hydroxyl groups is 1. The quantitative estimate of drug-likeness (QED) is 0.895. The molecule has 0 spiro atoms. The molecule has 1 N–H and O–H groups in total. The van der Waals surface area contributed by atoms with Gasteiger partial charge in [0.05, 0.1) is 11.3 Å². The van der Waals surface area contributed by atoms with Crippen molar-refractivity contribution in [1.82, 2.24) is 9.78 Å². The highest BCUT2D eigenvalue weighted by Gasteiger charge is 2.39. The summed E-state index contributed by atoms with van der Waals surface area (Å²) < 4.78 is 2.02. The Kier molecular flexibility index (Phi) is 3.54. The van der Waals surface area contributed by atoms with Crippen molar-refractivity contribution in [3.8, 4) is 0 Å². The van der Waals surface area contributed by atoms with Crippen molar-refractivity contribution < 1.29 is 5.11 Å². The molecule has 1 fully saturated rings. The van der Waals surface area contributed by atoms with Gasteiger partial charge in [-0.3, -0.25) is 4.68 Å². The number of nitrogens with zero attached hydrogens (tertiary/aromatic N) is 2. The Morgan fingerprint density at radius 3 is 2.72 bits per heavy atom. The molecule has 0 saturated heterocycles. The number of aromatic nitrogens is 2. The van der Waals surface area contributed by atoms with Crippen molar-refractivity contribution in [2.24, 2.45) is 5.41 Å². The van der Waals surface area contributed by atoms with Gasteiger partial charge in [-0.05, 0) is 44.6 Å². The first-order chi connectivity index (χ1) is 8.34. The van der Waals surface area contributed by atoms with E-state index in [1.54, 1.807) is 0 Å². The van der Waals surface area contributed by atoms with Gasteiger partial charge in [0.2, 0.25) is 0 Å². The molecular weight excluding hydrogens is 224 g/mol. The second-order valence-corrected chi connectivity index (χ2v) is 6.69. The molecule has 3 nitrogen and oxygen atoms in total. The molecule has 1 aliphatic carbocycles. The van der Waals surface area contributed by atoms with E-state index in [0.29, 0.717) is 0 Å². The second-order valence-electron chi connectivity index (χ2n) is 6.69. The molecule has 0 radical (unpaired) electrons. The van der Waals surface area contributed by atoms with E-state index in [1.807, 2.05) is 11.6 Å². The van der Waals surface area contributed by atoms with Crippen molar-refractivity contribution in [3.63, 3.8) is 0 Å². The Hall–Kier alpha value is -0.830. The number of aryl methyl sites for hydroxylation is 2. The summed E-state index contributed by atoms with van der Waals surface area (Å²) in [6, 6.07) is 2.11. The Balaban J connectivity index is 2.16. The smallest absolute Gasteiger partial charge is 0.0708 e. The van der Waals surface area contributed by atoms with Crippen LogP contribution < -0.4 is 0 Å². The summed E-state index contributed by atoms with van der Waals surface area (Å²) in [7, 11) is 0. The van der Waals surface area contributed by atoms with Crippen LogP contribution in [0.5, 0.6) is 0 Å². The third-order valence-electron chi connectivity index (χ3n) is 4.10. The van der Waals surface area contributed by atoms with E-state index >= 15 is 0 Å². The van der Waals surface area contributed by atoms with E-state index in [0.717, 1.165) is 37.9 Å². The van der Waals surface area contributed by atoms with Gasteiger partial charge in [0.15, 0.2) is 0 Å². The van der Waals surface area contributed by atoms with E-state index in [4.69, 9.17) is 0 Å². The minimum absolute atomic E-state index is 0.263. The number of hydrogen-bond acceptors (Lipinski definition) is 2. The van der Waals surface area contributed by atoms with E-state index in [-0.39, 0.29) is 5.41 Å². The van der Waals surface area contributed by atoms with E-state index in [2.05, 4.69) is 31.9 Å². The number of hydrogen-bond donors (Lipinski definition) is 1. The zero-order valence-electron chi connectivity index (χ0n) is 12.2. The van der Waals surface area contributed by atoms with Crippen LogP contribution in [0.25, 0.3) is 0 Å². The van der Waals surface area contributed by atoms with E-state index in [1.165, 1.54) is 12.1 Å². The first-order valence-electron chi connectivity index (χ1n) is 7.09. The first kappa shape index (κ1) is 13.6. The predicted molar refractivity (Wildman–Crippen MR) is 73.5 cm³/mol. The second kappa shape index (κ2) is 4.69. The lowest BCUT2D eigenvalue weighted by Gasteiger charge is -2.41. The highest BCUT2D eigenvalue weighted by molar-refractivity contribution is 5.12.